The van der Waals surface area contributed by atoms with Gasteiger partial charge in [-0.3, -0.25) is 14.7 Å². The summed E-state index contributed by atoms with van der Waals surface area (Å²) in [6, 6.07) is 14.6. The van der Waals surface area contributed by atoms with Crippen LogP contribution in [0.4, 0.5) is 4.79 Å². The van der Waals surface area contributed by atoms with Crippen LogP contribution in [-0.4, -0.2) is 57.5 Å². The molecule has 1 heterocycles. The number of benzene rings is 2. The average molecular weight is 463 g/mol. The van der Waals surface area contributed by atoms with E-state index in [0.29, 0.717) is 25.2 Å². The topological polar surface area (TPSA) is 146 Å². The number of alkyl carbamates (subject to hydrolysis) is 1. The second-order valence-corrected chi connectivity index (χ2v) is 7.95. The van der Waals surface area contributed by atoms with Gasteiger partial charge in [0.1, 0.15) is 24.8 Å². The number of aromatic amines is 1. The highest BCUT2D eigenvalue weighted by Crippen LogP contribution is 2.44. The molecule has 3 aromatic rings. The van der Waals surface area contributed by atoms with E-state index in [1.165, 1.54) is 6.33 Å². The molecule has 34 heavy (non-hydrogen) atoms. The number of carbonyl (C=O) groups excluding carboxylic acids is 2. The number of ether oxygens (including phenoxy) is 1. The van der Waals surface area contributed by atoms with E-state index in [-0.39, 0.29) is 12.5 Å². The first-order chi connectivity index (χ1) is 16.5. The number of nitrogens with one attached hydrogen (secondary N) is 3. The van der Waals surface area contributed by atoms with Crippen molar-refractivity contribution in [3.05, 3.63) is 71.8 Å². The standard InChI is InChI=1S/C24H25N5O5/c30-22(31)12-20(23(32)25-11-5-10-21-26-14-27-29-21)28-24(33)34-13-19-17-8-3-1-6-15(17)16-7-2-4-9-18(16)19/h1-4,6-9,14,19-20H,5,10-13H2,(H,25,32)(H,28,33)(H,30,31)(H,26,27,29). The number of amides is 2. The Hall–Kier alpha value is -4.21. The summed E-state index contributed by atoms with van der Waals surface area (Å²) in [4.78, 5) is 40.2. The molecule has 0 saturated carbocycles. The lowest BCUT2D eigenvalue weighted by atomic mass is 9.98. The molecular formula is C24H25N5O5. The molecule has 4 N–H and O–H groups in total. The zero-order chi connectivity index (χ0) is 23.9. The minimum absolute atomic E-state index is 0.0679. The third kappa shape index (κ3) is 5.40. The summed E-state index contributed by atoms with van der Waals surface area (Å²) in [5, 5.41) is 20.7. The van der Waals surface area contributed by atoms with Crippen LogP contribution < -0.4 is 10.6 Å². The van der Waals surface area contributed by atoms with Crippen LogP contribution >= 0.6 is 0 Å². The molecule has 0 radical (unpaired) electrons. The number of hydrogen-bond acceptors (Lipinski definition) is 6. The molecule has 1 unspecified atom stereocenters. The van der Waals surface area contributed by atoms with E-state index in [2.05, 4.69) is 25.8 Å². The molecular weight excluding hydrogens is 438 g/mol. The fourth-order valence-corrected chi connectivity index (χ4v) is 4.11. The number of carbonyl (C=O) groups is 3. The normalized spacial score (nSPS) is 12.9. The van der Waals surface area contributed by atoms with Gasteiger partial charge in [-0.15, -0.1) is 0 Å². The van der Waals surface area contributed by atoms with Crippen LogP contribution in [0.2, 0.25) is 0 Å². The summed E-state index contributed by atoms with van der Waals surface area (Å²) in [5.41, 5.74) is 4.31. The predicted molar refractivity (Wildman–Crippen MR) is 122 cm³/mol. The maximum Gasteiger partial charge on any atom is 0.407 e. The van der Waals surface area contributed by atoms with E-state index in [0.717, 1.165) is 22.3 Å². The van der Waals surface area contributed by atoms with Crippen molar-refractivity contribution >= 4 is 18.0 Å². The zero-order valence-corrected chi connectivity index (χ0v) is 18.4. The van der Waals surface area contributed by atoms with Gasteiger partial charge in [0, 0.05) is 18.9 Å². The summed E-state index contributed by atoms with van der Waals surface area (Å²) in [6.07, 6.45) is 1.15. The molecule has 1 atom stereocenters. The first-order valence-electron chi connectivity index (χ1n) is 11.0. The molecule has 10 nitrogen and oxygen atoms in total. The lowest BCUT2D eigenvalue weighted by molar-refractivity contribution is -0.139. The largest absolute Gasteiger partial charge is 0.481 e. The van der Waals surface area contributed by atoms with Crippen molar-refractivity contribution in [3.63, 3.8) is 0 Å². The van der Waals surface area contributed by atoms with Gasteiger partial charge in [-0.1, -0.05) is 48.5 Å². The van der Waals surface area contributed by atoms with Crippen molar-refractivity contribution in [1.82, 2.24) is 25.8 Å². The number of nitrogens with zero attached hydrogens (tertiary/aromatic N) is 2. The Morgan fingerprint density at radius 2 is 1.74 bits per heavy atom. The van der Waals surface area contributed by atoms with E-state index < -0.39 is 30.4 Å². The first kappa shape index (κ1) is 23.0. The van der Waals surface area contributed by atoms with Crippen molar-refractivity contribution in [3.8, 4) is 11.1 Å². The Labute approximate surface area is 195 Å². The summed E-state index contributed by atoms with van der Waals surface area (Å²) in [6.45, 7) is 0.362. The molecule has 176 valence electrons. The third-order valence-electron chi connectivity index (χ3n) is 5.69. The van der Waals surface area contributed by atoms with Gasteiger partial charge >= 0.3 is 12.1 Å². The molecule has 0 fully saturated rings. The molecule has 0 saturated heterocycles. The number of fused-ring (bicyclic) bond motifs is 3. The minimum atomic E-state index is -1.25. The molecule has 1 aromatic heterocycles. The maximum atomic E-state index is 12.5. The Kier molecular flexibility index (Phi) is 7.16. The highest BCUT2D eigenvalue weighted by atomic mass is 16.5. The van der Waals surface area contributed by atoms with Gasteiger partial charge in [-0.2, -0.15) is 5.10 Å². The molecule has 10 heteroatoms. The van der Waals surface area contributed by atoms with E-state index in [1.54, 1.807) is 0 Å². The number of carboxylic acid groups (broad SMARTS) is 1. The van der Waals surface area contributed by atoms with E-state index in [9.17, 15) is 19.5 Å². The monoisotopic (exact) mass is 463 g/mol. The Morgan fingerprint density at radius 1 is 1.06 bits per heavy atom. The van der Waals surface area contributed by atoms with Crippen molar-refractivity contribution in [1.29, 1.82) is 0 Å². The lowest BCUT2D eigenvalue weighted by Crippen LogP contribution is -2.48. The van der Waals surface area contributed by atoms with Crippen molar-refractivity contribution in [2.45, 2.75) is 31.2 Å². The molecule has 1 aliphatic carbocycles. The molecule has 2 amide bonds. The van der Waals surface area contributed by atoms with E-state index in [4.69, 9.17) is 4.74 Å². The van der Waals surface area contributed by atoms with Gasteiger partial charge in [-0.05, 0) is 28.7 Å². The number of H-pyrrole nitrogens is 1. The van der Waals surface area contributed by atoms with Gasteiger partial charge < -0.3 is 20.5 Å². The Balaban J connectivity index is 1.32. The number of hydrogen-bond donors (Lipinski definition) is 4. The smallest absolute Gasteiger partial charge is 0.407 e. The van der Waals surface area contributed by atoms with Crippen molar-refractivity contribution in [2.75, 3.05) is 13.2 Å². The molecule has 0 spiro atoms. The molecule has 0 aliphatic heterocycles. The predicted octanol–water partition coefficient (Wildman–Crippen LogP) is 2.24. The zero-order valence-electron chi connectivity index (χ0n) is 18.4. The average Bonchev–Trinajstić information content (AvgIpc) is 3.46. The van der Waals surface area contributed by atoms with E-state index in [1.807, 2.05) is 48.5 Å². The van der Waals surface area contributed by atoms with Crippen LogP contribution in [0.25, 0.3) is 11.1 Å². The quantitative estimate of drug-likeness (QED) is 0.337. The van der Waals surface area contributed by atoms with E-state index >= 15 is 0 Å². The van der Waals surface area contributed by atoms with Crippen LogP contribution in [0.5, 0.6) is 0 Å². The summed E-state index contributed by atoms with van der Waals surface area (Å²) in [5.74, 6) is -1.25. The first-order valence-corrected chi connectivity index (χ1v) is 11.0. The van der Waals surface area contributed by atoms with Gasteiger partial charge in [-0.25, -0.2) is 9.78 Å². The second-order valence-electron chi connectivity index (χ2n) is 7.95. The third-order valence-corrected chi connectivity index (χ3v) is 5.69. The van der Waals surface area contributed by atoms with Gasteiger partial charge in [0.05, 0.1) is 6.42 Å². The number of aromatic nitrogens is 3. The Morgan fingerprint density at radius 3 is 2.35 bits per heavy atom. The second kappa shape index (κ2) is 10.6. The maximum absolute atomic E-state index is 12.5. The molecule has 2 aromatic carbocycles. The van der Waals surface area contributed by atoms with Crippen LogP contribution in [-0.2, 0) is 20.7 Å². The van der Waals surface area contributed by atoms with Crippen LogP contribution in [0.1, 0.15) is 35.7 Å². The molecule has 4 rings (SSSR count). The number of aryl methyl sites for hydroxylation is 1. The molecule has 1 aliphatic rings. The van der Waals surface area contributed by atoms with Crippen LogP contribution in [0.15, 0.2) is 54.9 Å². The van der Waals surface area contributed by atoms with Crippen LogP contribution in [0.3, 0.4) is 0 Å². The van der Waals surface area contributed by atoms with Crippen molar-refractivity contribution < 1.29 is 24.2 Å². The minimum Gasteiger partial charge on any atom is -0.481 e. The summed E-state index contributed by atoms with van der Waals surface area (Å²) >= 11 is 0. The van der Waals surface area contributed by atoms with Crippen molar-refractivity contribution in [2.24, 2.45) is 0 Å². The van der Waals surface area contributed by atoms with Gasteiger partial charge in [0.2, 0.25) is 5.91 Å². The lowest BCUT2D eigenvalue weighted by Gasteiger charge is -2.18. The Bertz CT molecular complexity index is 1120. The highest BCUT2D eigenvalue weighted by Gasteiger charge is 2.30. The van der Waals surface area contributed by atoms with Crippen LogP contribution in [0, 0.1) is 0 Å². The number of rotatable bonds is 10. The fourth-order valence-electron chi connectivity index (χ4n) is 4.11. The fraction of sp³-hybridized carbons (Fsp3) is 0.292. The number of aliphatic carboxylic acids is 1. The molecule has 0 bridgehead atoms. The summed E-state index contributed by atoms with van der Waals surface area (Å²) in [7, 11) is 0. The summed E-state index contributed by atoms with van der Waals surface area (Å²) < 4.78 is 5.43. The van der Waals surface area contributed by atoms with Gasteiger partial charge in [0.15, 0.2) is 0 Å². The van der Waals surface area contributed by atoms with Gasteiger partial charge in [0.25, 0.3) is 0 Å². The SMILES string of the molecule is O=C(O)CC(NC(=O)OCC1c2ccccc2-c2ccccc21)C(=O)NCCCc1ncn[nH]1. The number of carboxylic acids is 1. The highest BCUT2D eigenvalue weighted by molar-refractivity contribution is 5.89.